The predicted octanol–water partition coefficient (Wildman–Crippen LogP) is 2.33. The van der Waals surface area contributed by atoms with Crippen molar-refractivity contribution in [3.05, 3.63) is 29.6 Å². The first-order valence-corrected chi connectivity index (χ1v) is 6.49. The molecule has 0 aromatic heterocycles. The molecule has 0 radical (unpaired) electrons. The van der Waals surface area contributed by atoms with Crippen LogP contribution in [-0.4, -0.2) is 11.9 Å². The van der Waals surface area contributed by atoms with Crippen molar-refractivity contribution in [2.45, 2.75) is 31.7 Å². The van der Waals surface area contributed by atoms with Gasteiger partial charge in [0.2, 0.25) is 0 Å². The number of carbonyl (C=O) groups excluding carboxylic acids is 1. The molecule has 0 heterocycles. The summed E-state index contributed by atoms with van der Waals surface area (Å²) in [5.74, 6) is 0.700. The number of halogens is 1. The van der Waals surface area contributed by atoms with Crippen molar-refractivity contribution in [3.63, 3.8) is 0 Å². The van der Waals surface area contributed by atoms with Crippen LogP contribution in [0.15, 0.2) is 18.2 Å². The Bertz CT molecular complexity index is 489. The zero-order valence-electron chi connectivity index (χ0n) is 10.2. The molecular weight excluding hydrogens is 231 g/mol. The van der Waals surface area contributed by atoms with E-state index in [-0.39, 0.29) is 17.5 Å². The third-order valence-corrected chi connectivity index (χ3v) is 4.31. The maximum absolute atomic E-state index is 13.1. The van der Waals surface area contributed by atoms with E-state index in [0.717, 1.165) is 12.3 Å². The number of hydrogen-bond acceptors (Lipinski definition) is 2. The van der Waals surface area contributed by atoms with Crippen LogP contribution in [0.3, 0.4) is 0 Å². The second-order valence-electron chi connectivity index (χ2n) is 5.49. The molecule has 4 heteroatoms. The van der Waals surface area contributed by atoms with Crippen molar-refractivity contribution < 1.29 is 9.18 Å². The van der Waals surface area contributed by atoms with E-state index in [1.54, 1.807) is 0 Å². The lowest BCUT2D eigenvalue weighted by Gasteiger charge is -2.23. The summed E-state index contributed by atoms with van der Waals surface area (Å²) in [4.78, 5) is 12.1. The molecule has 2 aliphatic carbocycles. The van der Waals surface area contributed by atoms with E-state index >= 15 is 0 Å². The topological polar surface area (TPSA) is 55.1 Å². The van der Waals surface area contributed by atoms with Gasteiger partial charge < -0.3 is 11.1 Å². The third-order valence-electron chi connectivity index (χ3n) is 4.31. The quantitative estimate of drug-likeness (QED) is 0.789. The fourth-order valence-corrected chi connectivity index (χ4v) is 3.39. The molecule has 2 saturated carbocycles. The zero-order valence-corrected chi connectivity index (χ0v) is 10.2. The molecule has 3 nitrogen and oxygen atoms in total. The van der Waals surface area contributed by atoms with Gasteiger partial charge in [-0.15, -0.1) is 0 Å². The summed E-state index contributed by atoms with van der Waals surface area (Å²) < 4.78 is 13.1. The molecule has 2 aliphatic rings. The molecule has 3 rings (SSSR count). The van der Waals surface area contributed by atoms with Crippen LogP contribution in [0.5, 0.6) is 0 Å². The molecule has 0 saturated heterocycles. The molecular formula is C14H17FN2O. The maximum atomic E-state index is 13.1. The van der Waals surface area contributed by atoms with Crippen LogP contribution in [0.25, 0.3) is 0 Å². The number of nitrogen functional groups attached to an aromatic ring is 1. The number of fused-ring (bicyclic) bond motifs is 2. The summed E-state index contributed by atoms with van der Waals surface area (Å²) in [6, 6.07) is 4.16. The number of rotatable bonds is 2. The second-order valence-corrected chi connectivity index (χ2v) is 5.49. The Balaban J connectivity index is 1.73. The molecule has 3 atom stereocenters. The average Bonchev–Trinajstić information content (AvgIpc) is 2.94. The Morgan fingerprint density at radius 2 is 2.17 bits per heavy atom. The molecule has 1 amide bonds. The lowest BCUT2D eigenvalue weighted by Crippen LogP contribution is -2.38. The summed E-state index contributed by atoms with van der Waals surface area (Å²) in [7, 11) is 0. The van der Waals surface area contributed by atoms with Gasteiger partial charge in [-0.2, -0.15) is 0 Å². The smallest absolute Gasteiger partial charge is 0.253 e. The summed E-state index contributed by atoms with van der Waals surface area (Å²) in [5.41, 5.74) is 6.29. The van der Waals surface area contributed by atoms with Crippen molar-refractivity contribution in [2.75, 3.05) is 5.73 Å². The van der Waals surface area contributed by atoms with Gasteiger partial charge in [0.05, 0.1) is 5.56 Å². The van der Waals surface area contributed by atoms with Gasteiger partial charge in [-0.3, -0.25) is 4.79 Å². The first-order valence-electron chi connectivity index (χ1n) is 6.49. The molecule has 3 unspecified atom stereocenters. The highest BCUT2D eigenvalue weighted by atomic mass is 19.1. The average molecular weight is 248 g/mol. The van der Waals surface area contributed by atoms with Gasteiger partial charge in [0.15, 0.2) is 0 Å². The predicted molar refractivity (Wildman–Crippen MR) is 67.5 cm³/mol. The zero-order chi connectivity index (χ0) is 12.7. The number of anilines is 1. The highest BCUT2D eigenvalue weighted by Crippen LogP contribution is 2.44. The van der Waals surface area contributed by atoms with Crippen molar-refractivity contribution in [3.8, 4) is 0 Å². The summed E-state index contributed by atoms with van der Waals surface area (Å²) in [5, 5.41) is 3.01. The maximum Gasteiger partial charge on any atom is 0.253 e. The Morgan fingerprint density at radius 3 is 2.83 bits per heavy atom. The second kappa shape index (κ2) is 4.26. The Labute approximate surface area is 106 Å². The first kappa shape index (κ1) is 11.5. The van der Waals surface area contributed by atoms with E-state index in [2.05, 4.69) is 5.32 Å². The molecule has 18 heavy (non-hydrogen) atoms. The number of nitrogens with two attached hydrogens (primary N) is 1. The van der Waals surface area contributed by atoms with Gasteiger partial charge in [-0.1, -0.05) is 6.42 Å². The van der Waals surface area contributed by atoms with Gasteiger partial charge in [0, 0.05) is 11.7 Å². The number of nitrogens with one attached hydrogen (secondary N) is 1. The Hall–Kier alpha value is -1.58. The SMILES string of the molecule is Nc1ccc(F)cc1C(=O)NC1CC2CCC1C2. The molecule has 3 N–H and O–H groups in total. The fraction of sp³-hybridized carbons (Fsp3) is 0.500. The number of amides is 1. The Kier molecular flexibility index (Phi) is 2.73. The molecule has 96 valence electrons. The van der Waals surface area contributed by atoms with Crippen molar-refractivity contribution in [1.29, 1.82) is 0 Å². The standard InChI is InChI=1S/C14H17FN2O/c15-10-3-4-12(16)11(7-10)14(18)17-13-6-8-1-2-9(13)5-8/h3-4,7-9,13H,1-2,5-6,16H2,(H,17,18). The van der Waals surface area contributed by atoms with E-state index in [9.17, 15) is 9.18 Å². The first-order chi connectivity index (χ1) is 8.63. The van der Waals surface area contributed by atoms with E-state index in [0.29, 0.717) is 11.6 Å². The third kappa shape index (κ3) is 1.96. The highest BCUT2D eigenvalue weighted by molar-refractivity contribution is 5.99. The van der Waals surface area contributed by atoms with E-state index in [1.807, 2.05) is 0 Å². The lowest BCUT2D eigenvalue weighted by atomic mass is 9.95. The van der Waals surface area contributed by atoms with Gasteiger partial charge in [-0.25, -0.2) is 4.39 Å². The van der Waals surface area contributed by atoms with E-state index in [1.165, 1.54) is 37.5 Å². The largest absolute Gasteiger partial charge is 0.398 e. The van der Waals surface area contributed by atoms with Crippen LogP contribution in [-0.2, 0) is 0 Å². The van der Waals surface area contributed by atoms with Crippen LogP contribution < -0.4 is 11.1 Å². The van der Waals surface area contributed by atoms with Gasteiger partial charge in [0.25, 0.3) is 5.91 Å². The minimum absolute atomic E-state index is 0.246. The summed E-state index contributed by atoms with van der Waals surface area (Å²) in [6.07, 6.45) is 4.78. The highest BCUT2D eigenvalue weighted by Gasteiger charge is 2.40. The molecule has 2 fully saturated rings. The van der Waals surface area contributed by atoms with Crippen LogP contribution >= 0.6 is 0 Å². The molecule has 2 bridgehead atoms. The van der Waals surface area contributed by atoms with Crippen molar-refractivity contribution in [2.24, 2.45) is 11.8 Å². The van der Waals surface area contributed by atoms with Crippen LogP contribution in [0, 0.1) is 17.7 Å². The normalized spacial score (nSPS) is 29.5. The molecule has 0 spiro atoms. The van der Waals surface area contributed by atoms with E-state index < -0.39 is 5.82 Å². The van der Waals surface area contributed by atoms with Crippen molar-refractivity contribution >= 4 is 11.6 Å². The summed E-state index contributed by atoms with van der Waals surface area (Å²) in [6.45, 7) is 0. The summed E-state index contributed by atoms with van der Waals surface area (Å²) >= 11 is 0. The number of carbonyl (C=O) groups is 1. The number of hydrogen-bond donors (Lipinski definition) is 2. The fourth-order valence-electron chi connectivity index (χ4n) is 3.39. The van der Waals surface area contributed by atoms with E-state index in [4.69, 9.17) is 5.73 Å². The minimum Gasteiger partial charge on any atom is -0.398 e. The Morgan fingerprint density at radius 1 is 1.33 bits per heavy atom. The van der Waals surface area contributed by atoms with Crippen LogP contribution in [0.1, 0.15) is 36.0 Å². The van der Waals surface area contributed by atoms with Crippen LogP contribution in [0.2, 0.25) is 0 Å². The lowest BCUT2D eigenvalue weighted by molar-refractivity contribution is 0.0923. The van der Waals surface area contributed by atoms with Crippen molar-refractivity contribution in [1.82, 2.24) is 5.32 Å². The monoisotopic (exact) mass is 248 g/mol. The number of benzene rings is 1. The van der Waals surface area contributed by atoms with Crippen LogP contribution in [0.4, 0.5) is 10.1 Å². The van der Waals surface area contributed by atoms with Gasteiger partial charge >= 0.3 is 0 Å². The molecule has 1 aromatic carbocycles. The minimum atomic E-state index is -0.428. The molecule has 0 aliphatic heterocycles. The van der Waals surface area contributed by atoms with Gasteiger partial charge in [0.1, 0.15) is 5.82 Å². The van der Waals surface area contributed by atoms with Gasteiger partial charge in [-0.05, 0) is 49.3 Å². The molecule has 1 aromatic rings.